The average molecular weight is 283 g/mol. The number of aryl methyl sites for hydroxylation is 1. The molecule has 0 bridgehead atoms. The van der Waals surface area contributed by atoms with Crippen molar-refractivity contribution in [1.29, 1.82) is 0 Å². The van der Waals surface area contributed by atoms with Crippen LogP contribution in [0.2, 0.25) is 0 Å². The monoisotopic (exact) mass is 283 g/mol. The Hall–Kier alpha value is -1.21. The molecule has 1 N–H and O–H groups in total. The fraction of sp³-hybridized carbons (Fsp3) is 0.364. The maximum atomic E-state index is 11.7. The van der Waals surface area contributed by atoms with Crippen LogP contribution in [-0.4, -0.2) is 38.8 Å². The highest BCUT2D eigenvalue weighted by Crippen LogP contribution is 2.21. The standard InChI is InChI=1S/C11H13N3O2S2/c1-14-5-2-3-8(14)10(16)13-9(15)7-18-11-12-4-6-17-11/h2-3,5H,4,6-7H2,1H3,(H,13,15,16). The van der Waals surface area contributed by atoms with Gasteiger partial charge in [-0.05, 0) is 12.1 Å². The van der Waals surface area contributed by atoms with Gasteiger partial charge in [-0.2, -0.15) is 0 Å². The summed E-state index contributed by atoms with van der Waals surface area (Å²) in [6, 6.07) is 3.44. The van der Waals surface area contributed by atoms with Crippen molar-refractivity contribution in [2.24, 2.45) is 12.0 Å². The molecule has 2 heterocycles. The number of amides is 2. The highest BCUT2D eigenvalue weighted by molar-refractivity contribution is 8.39. The van der Waals surface area contributed by atoms with Gasteiger partial charge in [0.25, 0.3) is 5.91 Å². The van der Waals surface area contributed by atoms with Gasteiger partial charge < -0.3 is 4.57 Å². The third kappa shape index (κ3) is 3.39. The van der Waals surface area contributed by atoms with Crippen molar-refractivity contribution in [3.8, 4) is 0 Å². The average Bonchev–Trinajstić information content (AvgIpc) is 2.97. The lowest BCUT2D eigenvalue weighted by Crippen LogP contribution is -2.33. The van der Waals surface area contributed by atoms with Crippen LogP contribution in [0, 0.1) is 0 Å². The van der Waals surface area contributed by atoms with Gasteiger partial charge in [-0.3, -0.25) is 19.9 Å². The predicted octanol–water partition coefficient (Wildman–Crippen LogP) is 1.12. The second kappa shape index (κ2) is 6.10. The number of imide groups is 1. The van der Waals surface area contributed by atoms with Crippen LogP contribution in [0.5, 0.6) is 0 Å². The number of carbonyl (C=O) groups is 2. The lowest BCUT2D eigenvalue weighted by Gasteiger charge is -2.04. The quantitative estimate of drug-likeness (QED) is 0.903. The van der Waals surface area contributed by atoms with E-state index in [-0.39, 0.29) is 17.6 Å². The summed E-state index contributed by atoms with van der Waals surface area (Å²) < 4.78 is 2.60. The Labute approximate surface area is 113 Å². The van der Waals surface area contributed by atoms with Crippen molar-refractivity contribution < 1.29 is 9.59 Å². The molecule has 0 aromatic carbocycles. The van der Waals surface area contributed by atoms with Crippen molar-refractivity contribution in [1.82, 2.24) is 9.88 Å². The fourth-order valence-electron chi connectivity index (χ4n) is 1.45. The van der Waals surface area contributed by atoms with E-state index in [4.69, 9.17) is 0 Å². The molecule has 2 amide bonds. The maximum Gasteiger partial charge on any atom is 0.274 e. The Balaban J connectivity index is 1.80. The van der Waals surface area contributed by atoms with Gasteiger partial charge in [-0.1, -0.05) is 23.5 Å². The number of thioether (sulfide) groups is 2. The van der Waals surface area contributed by atoms with Gasteiger partial charge in [-0.25, -0.2) is 0 Å². The van der Waals surface area contributed by atoms with Crippen LogP contribution in [0.1, 0.15) is 10.5 Å². The second-order valence-corrected chi connectivity index (χ2v) is 5.97. The van der Waals surface area contributed by atoms with Gasteiger partial charge in [0.2, 0.25) is 5.91 Å². The largest absolute Gasteiger partial charge is 0.347 e. The Kier molecular flexibility index (Phi) is 4.48. The van der Waals surface area contributed by atoms with Crippen LogP contribution in [0.3, 0.4) is 0 Å². The second-order valence-electron chi connectivity index (χ2n) is 3.67. The number of rotatable bonds is 3. The summed E-state index contributed by atoms with van der Waals surface area (Å²) in [6.07, 6.45) is 1.76. The fourth-order valence-corrected chi connectivity index (χ4v) is 3.26. The summed E-state index contributed by atoms with van der Waals surface area (Å²) in [6.45, 7) is 0.816. The minimum Gasteiger partial charge on any atom is -0.347 e. The Morgan fingerprint density at radius 1 is 1.61 bits per heavy atom. The van der Waals surface area contributed by atoms with E-state index >= 15 is 0 Å². The van der Waals surface area contributed by atoms with Gasteiger partial charge >= 0.3 is 0 Å². The van der Waals surface area contributed by atoms with Gasteiger partial charge in [-0.15, -0.1) is 0 Å². The number of nitrogens with zero attached hydrogens (tertiary/aromatic N) is 2. The van der Waals surface area contributed by atoms with E-state index in [1.165, 1.54) is 11.8 Å². The molecule has 1 aromatic rings. The van der Waals surface area contributed by atoms with E-state index in [2.05, 4.69) is 10.3 Å². The zero-order chi connectivity index (χ0) is 13.0. The predicted molar refractivity (Wildman–Crippen MR) is 75.1 cm³/mol. The molecule has 2 rings (SSSR count). The molecule has 0 spiro atoms. The lowest BCUT2D eigenvalue weighted by atomic mass is 10.4. The minimum atomic E-state index is -0.367. The molecule has 7 heteroatoms. The number of hydrogen-bond acceptors (Lipinski definition) is 5. The zero-order valence-corrected chi connectivity index (χ0v) is 11.5. The van der Waals surface area contributed by atoms with Crippen LogP contribution < -0.4 is 5.32 Å². The first kappa shape index (κ1) is 13.2. The van der Waals surface area contributed by atoms with Crippen molar-refractivity contribution >= 4 is 39.7 Å². The first-order valence-corrected chi connectivity index (χ1v) is 7.39. The Morgan fingerprint density at radius 2 is 2.44 bits per heavy atom. The maximum absolute atomic E-state index is 11.7. The molecular weight excluding hydrogens is 270 g/mol. The summed E-state index contributed by atoms with van der Waals surface area (Å²) in [5, 5.41) is 2.36. The summed E-state index contributed by atoms with van der Waals surface area (Å²) in [5.74, 6) is 0.546. The third-order valence-corrected chi connectivity index (χ3v) is 4.57. The van der Waals surface area contributed by atoms with Gasteiger partial charge in [0.15, 0.2) is 0 Å². The molecule has 18 heavy (non-hydrogen) atoms. The SMILES string of the molecule is Cn1cccc1C(=O)NC(=O)CSC1=NCCS1. The van der Waals surface area contributed by atoms with Crippen molar-refractivity contribution in [3.63, 3.8) is 0 Å². The molecule has 0 unspecified atom stereocenters. The summed E-state index contributed by atoms with van der Waals surface area (Å²) in [4.78, 5) is 27.6. The molecule has 0 saturated carbocycles. The van der Waals surface area contributed by atoms with Gasteiger partial charge in [0.05, 0.1) is 12.3 Å². The number of nitrogens with one attached hydrogen (secondary N) is 1. The summed E-state index contributed by atoms with van der Waals surface area (Å²) >= 11 is 3.02. The van der Waals surface area contributed by atoms with E-state index in [1.54, 1.807) is 41.7 Å². The molecule has 1 aromatic heterocycles. The van der Waals surface area contributed by atoms with E-state index in [0.29, 0.717) is 5.69 Å². The molecule has 0 fully saturated rings. The van der Waals surface area contributed by atoms with Crippen molar-refractivity contribution in [3.05, 3.63) is 24.0 Å². The van der Waals surface area contributed by atoms with Crippen LogP contribution in [0.25, 0.3) is 0 Å². The van der Waals surface area contributed by atoms with Crippen molar-refractivity contribution in [2.75, 3.05) is 18.1 Å². The molecule has 0 saturated heterocycles. The molecule has 0 aliphatic carbocycles. The molecule has 1 aliphatic rings. The first-order chi connectivity index (χ1) is 8.66. The smallest absolute Gasteiger partial charge is 0.274 e. The summed E-state index contributed by atoms with van der Waals surface area (Å²) in [5.41, 5.74) is 0.473. The number of aromatic nitrogens is 1. The van der Waals surface area contributed by atoms with Crippen molar-refractivity contribution in [2.45, 2.75) is 0 Å². The van der Waals surface area contributed by atoms with E-state index in [9.17, 15) is 9.59 Å². The highest BCUT2D eigenvalue weighted by atomic mass is 32.2. The molecule has 96 valence electrons. The van der Waals surface area contributed by atoms with Crippen LogP contribution in [0.4, 0.5) is 0 Å². The number of hydrogen-bond donors (Lipinski definition) is 1. The molecular formula is C11H13N3O2S2. The van der Waals surface area contributed by atoms with Gasteiger partial charge in [0, 0.05) is 19.0 Å². The lowest BCUT2D eigenvalue weighted by molar-refractivity contribution is -0.117. The van der Waals surface area contributed by atoms with E-state index in [0.717, 1.165) is 16.7 Å². The van der Waals surface area contributed by atoms with Crippen LogP contribution in [0.15, 0.2) is 23.3 Å². The summed E-state index contributed by atoms with van der Waals surface area (Å²) in [7, 11) is 1.76. The number of aliphatic imine (C=N–C) groups is 1. The van der Waals surface area contributed by atoms with E-state index in [1.807, 2.05) is 0 Å². The van der Waals surface area contributed by atoms with E-state index < -0.39 is 0 Å². The molecule has 0 atom stereocenters. The Morgan fingerprint density at radius 3 is 3.06 bits per heavy atom. The normalized spacial score (nSPS) is 14.4. The molecule has 1 aliphatic heterocycles. The Bertz CT molecular complexity index is 496. The number of carbonyl (C=O) groups excluding carboxylic acids is 2. The minimum absolute atomic E-state index is 0.224. The zero-order valence-electron chi connectivity index (χ0n) is 9.88. The van der Waals surface area contributed by atoms with Gasteiger partial charge in [0.1, 0.15) is 10.1 Å². The molecule has 0 radical (unpaired) electrons. The first-order valence-electron chi connectivity index (χ1n) is 5.42. The molecule has 5 nitrogen and oxygen atoms in total. The van der Waals surface area contributed by atoms with Crippen LogP contribution in [-0.2, 0) is 11.8 Å². The highest BCUT2D eigenvalue weighted by Gasteiger charge is 2.14. The third-order valence-electron chi connectivity index (χ3n) is 2.31. The van der Waals surface area contributed by atoms with Crippen LogP contribution >= 0.6 is 23.5 Å². The topological polar surface area (TPSA) is 63.5 Å².